The minimum Gasteiger partial charge on any atom is -0.490 e. The van der Waals surface area contributed by atoms with Crippen molar-refractivity contribution in [3.63, 3.8) is 0 Å². The SMILES string of the molecule is CC(C)(C)OC(=O)N1CCC(F)(C(=O)O)CC1.CCCCc1nnc(C(=O)NCC2(F)CCN(C)CC2)cc1-c1ccc(OC2CCCCC2)cc1.Cl.Cl. The van der Waals surface area contributed by atoms with E-state index in [-0.39, 0.29) is 68.9 Å². The number of alkyl halides is 2. The lowest BCUT2D eigenvalue weighted by Crippen LogP contribution is -2.49. The van der Waals surface area contributed by atoms with Gasteiger partial charge in [-0.15, -0.1) is 29.9 Å². The Labute approximate surface area is 331 Å². The third kappa shape index (κ3) is 14.1. The zero-order valence-electron chi connectivity index (χ0n) is 32.3. The first-order chi connectivity index (χ1) is 24.6. The fourth-order valence-electron chi connectivity index (χ4n) is 6.50. The van der Waals surface area contributed by atoms with E-state index >= 15 is 4.39 Å². The number of halogens is 4. The summed E-state index contributed by atoms with van der Waals surface area (Å²) < 4.78 is 40.1. The van der Waals surface area contributed by atoms with Gasteiger partial charge in [0.1, 0.15) is 17.0 Å². The molecule has 5 rings (SSSR count). The van der Waals surface area contributed by atoms with Crippen LogP contribution in [0, 0.1) is 0 Å². The maximum atomic E-state index is 15.1. The molecule has 0 atom stereocenters. The molecule has 11 nitrogen and oxygen atoms in total. The molecule has 0 bridgehead atoms. The molecule has 2 saturated heterocycles. The highest BCUT2D eigenvalue weighted by Crippen LogP contribution is 2.30. The Morgan fingerprint density at radius 2 is 1.56 bits per heavy atom. The van der Waals surface area contributed by atoms with Crippen LogP contribution in [0.3, 0.4) is 0 Å². The summed E-state index contributed by atoms with van der Waals surface area (Å²) in [5, 5.41) is 20.1. The van der Waals surface area contributed by atoms with Crippen LogP contribution in [0.2, 0.25) is 0 Å². The first kappa shape index (κ1) is 46.9. The Hall–Kier alpha value is -3.29. The molecule has 3 heterocycles. The highest BCUT2D eigenvalue weighted by molar-refractivity contribution is 5.93. The van der Waals surface area contributed by atoms with Crippen LogP contribution in [0.1, 0.15) is 115 Å². The molecule has 2 aromatic rings. The number of hydrogen-bond acceptors (Lipinski definition) is 8. The molecule has 3 fully saturated rings. The Morgan fingerprint density at radius 3 is 2.11 bits per heavy atom. The van der Waals surface area contributed by atoms with Crippen LogP contribution >= 0.6 is 24.8 Å². The van der Waals surface area contributed by atoms with Crippen LogP contribution in [0.5, 0.6) is 5.75 Å². The highest BCUT2D eigenvalue weighted by Gasteiger charge is 2.43. The van der Waals surface area contributed by atoms with E-state index in [4.69, 9.17) is 14.6 Å². The molecular weight excluding hydrogens is 743 g/mol. The number of ether oxygens (including phenoxy) is 2. The van der Waals surface area contributed by atoms with Gasteiger partial charge in [0.25, 0.3) is 5.91 Å². The predicted octanol–water partition coefficient (Wildman–Crippen LogP) is 8.02. The van der Waals surface area contributed by atoms with Crippen molar-refractivity contribution in [1.82, 2.24) is 25.3 Å². The Morgan fingerprint density at radius 1 is 0.944 bits per heavy atom. The number of nitrogens with zero attached hydrogens (tertiary/aromatic N) is 4. The summed E-state index contributed by atoms with van der Waals surface area (Å²) in [4.78, 5) is 38.6. The molecule has 2 aliphatic heterocycles. The van der Waals surface area contributed by atoms with Crippen molar-refractivity contribution in [2.75, 3.05) is 39.8 Å². The highest BCUT2D eigenvalue weighted by atomic mass is 35.5. The number of aryl methyl sites for hydroxylation is 1. The third-order valence-corrected chi connectivity index (χ3v) is 9.93. The number of benzene rings is 1. The van der Waals surface area contributed by atoms with Gasteiger partial charge in [-0.1, -0.05) is 31.9 Å². The molecule has 304 valence electrons. The van der Waals surface area contributed by atoms with E-state index < -0.39 is 29.0 Å². The summed E-state index contributed by atoms with van der Waals surface area (Å²) in [6.07, 6.45) is 9.08. The quantitative estimate of drug-likeness (QED) is 0.245. The largest absolute Gasteiger partial charge is 0.490 e. The number of nitrogens with one attached hydrogen (secondary N) is 1. The monoisotopic (exact) mass is 801 g/mol. The van der Waals surface area contributed by atoms with E-state index in [9.17, 15) is 18.8 Å². The Kier molecular flexibility index (Phi) is 18.3. The third-order valence-electron chi connectivity index (χ3n) is 9.93. The number of carbonyl (C=O) groups is 3. The van der Waals surface area contributed by atoms with Crippen LogP contribution in [0.15, 0.2) is 30.3 Å². The summed E-state index contributed by atoms with van der Waals surface area (Å²) in [5.74, 6) is -0.961. The molecule has 1 aromatic carbocycles. The van der Waals surface area contributed by atoms with Crippen LogP contribution in [-0.2, 0) is 16.0 Å². The molecule has 54 heavy (non-hydrogen) atoms. The number of aliphatic carboxylic acids is 1. The smallest absolute Gasteiger partial charge is 0.410 e. The fraction of sp³-hybridized carbons (Fsp3) is 0.667. The Bertz CT molecular complexity index is 1490. The second-order valence-corrected chi connectivity index (χ2v) is 15.5. The lowest BCUT2D eigenvalue weighted by molar-refractivity contribution is -0.154. The van der Waals surface area contributed by atoms with Crippen LogP contribution in [-0.4, -0.2) is 106 Å². The van der Waals surface area contributed by atoms with Gasteiger partial charge in [0.2, 0.25) is 5.67 Å². The molecule has 2 N–H and O–H groups in total. The summed E-state index contributed by atoms with van der Waals surface area (Å²) >= 11 is 0. The number of carbonyl (C=O) groups excluding carboxylic acids is 2. The second-order valence-electron chi connectivity index (χ2n) is 15.5. The van der Waals surface area contributed by atoms with E-state index in [1.165, 1.54) is 24.2 Å². The first-order valence-corrected chi connectivity index (χ1v) is 18.8. The zero-order chi connectivity index (χ0) is 37.9. The molecule has 2 amide bonds. The topological polar surface area (TPSA) is 134 Å². The van der Waals surface area contributed by atoms with Crippen molar-refractivity contribution in [3.05, 3.63) is 41.7 Å². The lowest BCUT2D eigenvalue weighted by atomic mass is 9.93. The number of carboxylic acid groups (broad SMARTS) is 1. The van der Waals surface area contributed by atoms with Gasteiger partial charge in [0.15, 0.2) is 5.69 Å². The number of piperidine rings is 2. The maximum Gasteiger partial charge on any atom is 0.410 e. The van der Waals surface area contributed by atoms with Gasteiger partial charge in [-0.2, -0.15) is 5.10 Å². The van der Waals surface area contributed by atoms with Crippen molar-refractivity contribution in [3.8, 4) is 16.9 Å². The molecule has 0 unspecified atom stereocenters. The number of aromatic nitrogens is 2. The van der Waals surface area contributed by atoms with Gasteiger partial charge >= 0.3 is 12.1 Å². The van der Waals surface area contributed by atoms with Gasteiger partial charge < -0.3 is 29.7 Å². The molecular formula is C39H59Cl2F2N5O6. The minimum absolute atomic E-state index is 0. The lowest BCUT2D eigenvalue weighted by Gasteiger charge is -2.34. The average Bonchev–Trinajstić information content (AvgIpc) is 3.12. The molecule has 1 saturated carbocycles. The van der Waals surface area contributed by atoms with Gasteiger partial charge in [-0.05, 0) is 103 Å². The predicted molar refractivity (Wildman–Crippen MR) is 209 cm³/mol. The van der Waals surface area contributed by atoms with Gasteiger partial charge in [0.05, 0.1) is 18.3 Å². The van der Waals surface area contributed by atoms with Crippen molar-refractivity contribution in [1.29, 1.82) is 0 Å². The normalized spacial score (nSPS) is 18.5. The molecule has 1 aromatic heterocycles. The van der Waals surface area contributed by atoms with Crippen molar-refractivity contribution in [2.45, 2.75) is 128 Å². The number of unbranched alkanes of at least 4 members (excludes halogenated alkanes) is 1. The van der Waals surface area contributed by atoms with Crippen LogP contribution in [0.4, 0.5) is 13.6 Å². The summed E-state index contributed by atoms with van der Waals surface area (Å²) in [6.45, 7) is 8.90. The van der Waals surface area contributed by atoms with Crippen molar-refractivity contribution in [2.24, 2.45) is 0 Å². The van der Waals surface area contributed by atoms with Crippen molar-refractivity contribution >= 4 is 42.8 Å². The number of amides is 2. The number of likely N-dealkylation sites (tertiary alicyclic amines) is 2. The summed E-state index contributed by atoms with van der Waals surface area (Å²) in [5.41, 5.74) is -1.20. The van der Waals surface area contributed by atoms with Crippen LogP contribution < -0.4 is 10.1 Å². The summed E-state index contributed by atoms with van der Waals surface area (Å²) in [6, 6.07) is 9.86. The fourth-order valence-corrected chi connectivity index (χ4v) is 6.50. The van der Waals surface area contributed by atoms with Gasteiger partial charge in [-0.3, -0.25) is 4.79 Å². The van der Waals surface area contributed by atoms with E-state index in [1.807, 2.05) is 31.3 Å². The molecule has 1 aliphatic carbocycles. The van der Waals surface area contributed by atoms with E-state index in [1.54, 1.807) is 26.8 Å². The second kappa shape index (κ2) is 21.1. The number of carboxylic acids is 1. The van der Waals surface area contributed by atoms with Crippen LogP contribution in [0.25, 0.3) is 11.1 Å². The van der Waals surface area contributed by atoms with Gasteiger partial charge in [0, 0.05) is 44.6 Å². The number of hydrogen-bond donors (Lipinski definition) is 2. The van der Waals surface area contributed by atoms with Crippen molar-refractivity contribution < 1.29 is 37.7 Å². The Balaban J connectivity index is 0.000000451. The first-order valence-electron chi connectivity index (χ1n) is 18.8. The average molecular weight is 803 g/mol. The molecule has 3 aliphatic rings. The minimum atomic E-state index is -2.21. The molecule has 0 radical (unpaired) electrons. The van der Waals surface area contributed by atoms with Gasteiger partial charge in [-0.25, -0.2) is 18.4 Å². The number of rotatable bonds is 10. The maximum absolute atomic E-state index is 15.1. The summed E-state index contributed by atoms with van der Waals surface area (Å²) in [7, 11) is 1.99. The van der Waals surface area contributed by atoms with E-state index in [2.05, 4.69) is 27.3 Å². The van der Waals surface area contributed by atoms with E-state index in [0.29, 0.717) is 32.0 Å². The molecule has 0 spiro atoms. The van der Waals surface area contributed by atoms with E-state index in [0.717, 1.165) is 54.7 Å². The standard InChI is InChI=1S/C28H39FN4O2.C11H18FNO4.2ClH/c1-3-4-10-25-24(21-11-13-23(14-12-21)35-22-8-6-5-7-9-22)19-26(32-31-25)27(34)30-20-28(29)15-17-33(2)18-16-28;1-10(2,3)17-9(16)13-6-4-11(12,5-7-13)8(14)15;;/h11-14,19,22H,3-10,15-18,20H2,1-2H3,(H,30,34);4-7H2,1-3H3,(H,14,15);2*1H. The zero-order valence-corrected chi connectivity index (χ0v) is 34.0. The molecule has 15 heteroatoms.